The minimum Gasteiger partial charge on any atom is -0.316 e. The SMILES string of the molecule is O=c1[nH]c(CCNCC2CNNC2c2ccc(F)cc2)nc2ccccc12. The van der Waals surface area contributed by atoms with Crippen molar-refractivity contribution in [3.8, 4) is 0 Å². The molecule has 1 aliphatic heterocycles. The maximum Gasteiger partial charge on any atom is 0.258 e. The highest BCUT2D eigenvalue weighted by atomic mass is 19.1. The molecule has 0 spiro atoms. The lowest BCUT2D eigenvalue weighted by molar-refractivity contribution is 0.442. The van der Waals surface area contributed by atoms with Crippen LogP contribution >= 0.6 is 0 Å². The van der Waals surface area contributed by atoms with Crippen LogP contribution in [-0.4, -0.2) is 29.6 Å². The van der Waals surface area contributed by atoms with Crippen LogP contribution in [0.15, 0.2) is 53.3 Å². The average Bonchev–Trinajstić information content (AvgIpc) is 3.14. The van der Waals surface area contributed by atoms with Gasteiger partial charge in [-0.2, -0.15) is 0 Å². The Morgan fingerprint density at radius 1 is 1.15 bits per heavy atom. The Bertz CT molecular complexity index is 972. The van der Waals surface area contributed by atoms with Gasteiger partial charge in [-0.25, -0.2) is 14.8 Å². The van der Waals surface area contributed by atoms with Gasteiger partial charge >= 0.3 is 0 Å². The standard InChI is InChI=1S/C20H22FN5O/c21-15-7-5-13(6-8-15)19-14(12-23-26-19)11-22-10-9-18-24-17-4-2-1-3-16(17)20(27)25-18/h1-8,14,19,22-23,26H,9-12H2,(H,24,25,27). The monoisotopic (exact) mass is 367 g/mol. The Morgan fingerprint density at radius 3 is 2.81 bits per heavy atom. The lowest BCUT2D eigenvalue weighted by Gasteiger charge is -2.19. The van der Waals surface area contributed by atoms with Crippen LogP contribution < -0.4 is 21.7 Å². The topological polar surface area (TPSA) is 81.8 Å². The number of para-hydroxylation sites is 1. The number of benzene rings is 2. The highest BCUT2D eigenvalue weighted by Crippen LogP contribution is 2.24. The number of H-pyrrole nitrogens is 1. The number of halogens is 1. The Balaban J connectivity index is 1.33. The summed E-state index contributed by atoms with van der Waals surface area (Å²) in [7, 11) is 0. The summed E-state index contributed by atoms with van der Waals surface area (Å²) in [5, 5.41) is 4.05. The molecule has 0 aliphatic carbocycles. The molecule has 0 amide bonds. The van der Waals surface area contributed by atoms with Gasteiger partial charge in [-0.3, -0.25) is 10.2 Å². The highest BCUT2D eigenvalue weighted by molar-refractivity contribution is 5.77. The predicted molar refractivity (Wildman–Crippen MR) is 103 cm³/mol. The number of hydrogen-bond acceptors (Lipinski definition) is 5. The molecule has 4 N–H and O–H groups in total. The van der Waals surface area contributed by atoms with Gasteiger partial charge in [0.1, 0.15) is 11.6 Å². The fourth-order valence-corrected chi connectivity index (χ4v) is 3.50. The third-order valence-electron chi connectivity index (χ3n) is 4.93. The van der Waals surface area contributed by atoms with E-state index in [4.69, 9.17) is 0 Å². The van der Waals surface area contributed by atoms with Crippen LogP contribution in [0.2, 0.25) is 0 Å². The zero-order chi connectivity index (χ0) is 18.6. The third-order valence-corrected chi connectivity index (χ3v) is 4.93. The number of aromatic nitrogens is 2. The van der Waals surface area contributed by atoms with E-state index in [9.17, 15) is 9.18 Å². The number of aromatic amines is 1. The molecule has 7 heteroatoms. The Labute approximate surface area is 156 Å². The first kappa shape index (κ1) is 17.8. The van der Waals surface area contributed by atoms with Gasteiger partial charge < -0.3 is 10.3 Å². The lowest BCUT2D eigenvalue weighted by atomic mass is 9.95. The Morgan fingerprint density at radius 2 is 1.96 bits per heavy atom. The summed E-state index contributed by atoms with van der Waals surface area (Å²) >= 11 is 0. The Hall–Kier alpha value is -2.61. The maximum atomic E-state index is 13.1. The normalized spacial score (nSPS) is 19.6. The zero-order valence-corrected chi connectivity index (χ0v) is 14.8. The van der Waals surface area contributed by atoms with E-state index in [0.29, 0.717) is 30.1 Å². The van der Waals surface area contributed by atoms with Crippen LogP contribution in [-0.2, 0) is 6.42 Å². The van der Waals surface area contributed by atoms with Crippen molar-refractivity contribution in [3.05, 3.63) is 76.1 Å². The van der Waals surface area contributed by atoms with Gasteiger partial charge in [0.2, 0.25) is 0 Å². The smallest absolute Gasteiger partial charge is 0.258 e. The van der Waals surface area contributed by atoms with E-state index in [2.05, 4.69) is 26.1 Å². The second kappa shape index (κ2) is 7.96. The van der Waals surface area contributed by atoms with Crippen molar-refractivity contribution in [1.29, 1.82) is 0 Å². The molecule has 1 aromatic heterocycles. The molecule has 0 radical (unpaired) electrons. The molecule has 0 bridgehead atoms. The second-order valence-corrected chi connectivity index (χ2v) is 6.80. The summed E-state index contributed by atoms with van der Waals surface area (Å²) in [5.41, 5.74) is 8.12. The Kier molecular flexibility index (Phi) is 5.24. The molecule has 2 aromatic carbocycles. The van der Waals surface area contributed by atoms with E-state index in [1.165, 1.54) is 12.1 Å². The summed E-state index contributed by atoms with van der Waals surface area (Å²) in [6.45, 7) is 2.36. The molecule has 0 saturated carbocycles. The molecular weight excluding hydrogens is 345 g/mol. The third kappa shape index (κ3) is 4.05. The molecular formula is C20H22FN5O. The second-order valence-electron chi connectivity index (χ2n) is 6.80. The molecule has 2 unspecified atom stereocenters. The van der Waals surface area contributed by atoms with Crippen LogP contribution in [0.4, 0.5) is 4.39 Å². The zero-order valence-electron chi connectivity index (χ0n) is 14.8. The highest BCUT2D eigenvalue weighted by Gasteiger charge is 2.27. The fourth-order valence-electron chi connectivity index (χ4n) is 3.50. The van der Waals surface area contributed by atoms with Gasteiger partial charge in [0.25, 0.3) is 5.56 Å². The number of hydrazine groups is 1. The number of fused-ring (bicyclic) bond motifs is 1. The molecule has 140 valence electrons. The van der Waals surface area contributed by atoms with Gasteiger partial charge in [0.05, 0.1) is 16.9 Å². The van der Waals surface area contributed by atoms with Gasteiger partial charge in [-0.15, -0.1) is 0 Å². The maximum absolute atomic E-state index is 13.1. The molecule has 4 rings (SSSR count). The van der Waals surface area contributed by atoms with Gasteiger partial charge in [0, 0.05) is 32.0 Å². The van der Waals surface area contributed by atoms with Gasteiger partial charge in [-0.05, 0) is 29.8 Å². The molecule has 2 heterocycles. The van der Waals surface area contributed by atoms with E-state index in [1.54, 1.807) is 6.07 Å². The predicted octanol–water partition coefficient (Wildman–Crippen LogP) is 1.66. The van der Waals surface area contributed by atoms with Crippen LogP contribution in [0, 0.1) is 11.7 Å². The van der Waals surface area contributed by atoms with Crippen molar-refractivity contribution in [2.45, 2.75) is 12.5 Å². The van der Waals surface area contributed by atoms with Crippen LogP contribution in [0.25, 0.3) is 10.9 Å². The largest absolute Gasteiger partial charge is 0.316 e. The summed E-state index contributed by atoms with van der Waals surface area (Å²) in [4.78, 5) is 19.5. The van der Waals surface area contributed by atoms with E-state index >= 15 is 0 Å². The number of hydrogen-bond donors (Lipinski definition) is 4. The number of nitrogens with zero attached hydrogens (tertiary/aromatic N) is 1. The summed E-state index contributed by atoms with van der Waals surface area (Å²) in [6, 6.07) is 14.1. The van der Waals surface area contributed by atoms with E-state index in [1.807, 2.05) is 30.3 Å². The molecule has 27 heavy (non-hydrogen) atoms. The fraction of sp³-hybridized carbons (Fsp3) is 0.300. The van der Waals surface area contributed by atoms with Crippen LogP contribution in [0.3, 0.4) is 0 Å². The summed E-state index contributed by atoms with van der Waals surface area (Å²) in [5.74, 6) is 0.805. The van der Waals surface area contributed by atoms with E-state index < -0.39 is 0 Å². The van der Waals surface area contributed by atoms with E-state index in [-0.39, 0.29) is 17.4 Å². The van der Waals surface area contributed by atoms with Gasteiger partial charge in [-0.1, -0.05) is 24.3 Å². The number of nitrogens with one attached hydrogen (secondary N) is 4. The molecule has 1 saturated heterocycles. The van der Waals surface area contributed by atoms with Crippen LogP contribution in [0.5, 0.6) is 0 Å². The van der Waals surface area contributed by atoms with Crippen molar-refractivity contribution in [1.82, 2.24) is 26.1 Å². The van der Waals surface area contributed by atoms with Crippen molar-refractivity contribution in [3.63, 3.8) is 0 Å². The molecule has 3 aromatic rings. The number of rotatable bonds is 6. The van der Waals surface area contributed by atoms with Crippen LogP contribution in [0.1, 0.15) is 17.4 Å². The molecule has 2 atom stereocenters. The van der Waals surface area contributed by atoms with Crippen molar-refractivity contribution < 1.29 is 4.39 Å². The van der Waals surface area contributed by atoms with Crippen molar-refractivity contribution >= 4 is 10.9 Å². The summed E-state index contributed by atoms with van der Waals surface area (Å²) in [6.07, 6.45) is 0.648. The minimum atomic E-state index is -0.226. The lowest BCUT2D eigenvalue weighted by Crippen LogP contribution is -2.30. The molecule has 6 nitrogen and oxygen atoms in total. The first-order valence-electron chi connectivity index (χ1n) is 9.13. The first-order chi connectivity index (χ1) is 13.2. The quantitative estimate of drug-likeness (QED) is 0.498. The average molecular weight is 367 g/mol. The molecule has 1 fully saturated rings. The van der Waals surface area contributed by atoms with Gasteiger partial charge in [0.15, 0.2) is 0 Å². The first-order valence-corrected chi connectivity index (χ1v) is 9.13. The minimum absolute atomic E-state index is 0.101. The summed E-state index contributed by atoms with van der Waals surface area (Å²) < 4.78 is 13.1. The van der Waals surface area contributed by atoms with E-state index in [0.717, 1.165) is 24.2 Å². The van der Waals surface area contributed by atoms with Crippen molar-refractivity contribution in [2.75, 3.05) is 19.6 Å². The van der Waals surface area contributed by atoms with Crippen molar-refractivity contribution in [2.24, 2.45) is 5.92 Å². The molecule has 1 aliphatic rings.